The number of benzene rings is 2. The molecule has 0 aromatic heterocycles. The van der Waals surface area contributed by atoms with E-state index in [-0.39, 0.29) is 0 Å². The lowest BCUT2D eigenvalue weighted by molar-refractivity contribution is -0.134. The molecule has 2 aliphatic rings. The Morgan fingerprint density at radius 2 is 1.79 bits per heavy atom. The smallest absolute Gasteiger partial charge is 0.312 e. The van der Waals surface area contributed by atoms with Gasteiger partial charge in [0.05, 0.1) is 12.2 Å². The molecular weight excluding hydrogens is 374 g/mol. The van der Waals surface area contributed by atoms with E-state index in [1.807, 2.05) is 30.3 Å². The summed E-state index contributed by atoms with van der Waals surface area (Å²) in [4.78, 5) is 38.8. The zero-order valence-corrected chi connectivity index (χ0v) is 14.0. The van der Waals surface area contributed by atoms with E-state index in [0.29, 0.717) is 17.8 Å². The largest absolute Gasteiger partial charge is 0.323 e. The number of carbonyl (C=O) groups excluding carboxylic acids is 3. The Balaban J connectivity index is 1.85. The van der Waals surface area contributed by atoms with Crippen LogP contribution in [0.2, 0.25) is 0 Å². The standard InChI is InChI=1S/C17H12BrN3O3/c18-11-6-7-13-12(8-11)17(14(22)19-16(24)20-17)15(23)21(13)9-10-4-2-1-3-5-10/h1-8H,9H2,(H2,19,20,22,24). The first-order valence-electron chi connectivity index (χ1n) is 7.32. The zero-order chi connectivity index (χ0) is 16.9. The highest BCUT2D eigenvalue weighted by atomic mass is 79.9. The SMILES string of the molecule is O=C1NC(=O)C2(N1)C(=O)N(Cc1ccccc1)c1ccc(Br)cc12. The Hall–Kier alpha value is -2.67. The van der Waals surface area contributed by atoms with E-state index >= 15 is 0 Å². The molecule has 1 unspecified atom stereocenters. The van der Waals surface area contributed by atoms with Crippen LogP contribution in [0.1, 0.15) is 11.1 Å². The van der Waals surface area contributed by atoms with Crippen molar-refractivity contribution in [2.75, 3.05) is 4.90 Å². The number of fused-ring (bicyclic) bond motifs is 2. The third kappa shape index (κ3) is 1.98. The zero-order valence-electron chi connectivity index (χ0n) is 12.4. The van der Waals surface area contributed by atoms with Crippen molar-refractivity contribution < 1.29 is 14.4 Å². The number of imide groups is 1. The second-order valence-corrected chi connectivity index (χ2v) is 6.61. The monoisotopic (exact) mass is 385 g/mol. The van der Waals surface area contributed by atoms with Crippen molar-refractivity contribution in [2.45, 2.75) is 12.1 Å². The maximum atomic E-state index is 13.1. The normalized spacial score (nSPS) is 21.9. The maximum absolute atomic E-state index is 13.1. The molecular formula is C17H12BrN3O3. The van der Waals surface area contributed by atoms with Crippen molar-refractivity contribution in [1.82, 2.24) is 10.6 Å². The lowest BCUT2D eigenvalue weighted by Gasteiger charge is -2.21. The number of halogens is 1. The number of rotatable bonds is 2. The second kappa shape index (κ2) is 5.17. The molecule has 4 rings (SSSR count). The van der Waals surface area contributed by atoms with Crippen molar-refractivity contribution in [3.8, 4) is 0 Å². The number of hydrogen-bond donors (Lipinski definition) is 2. The predicted octanol–water partition coefficient (Wildman–Crippen LogP) is 2.03. The van der Waals surface area contributed by atoms with Crippen LogP contribution >= 0.6 is 15.9 Å². The Bertz CT molecular complexity index is 884. The van der Waals surface area contributed by atoms with Gasteiger partial charge in [-0.1, -0.05) is 46.3 Å². The first-order valence-corrected chi connectivity index (χ1v) is 8.11. The van der Waals surface area contributed by atoms with Crippen molar-refractivity contribution in [2.24, 2.45) is 0 Å². The molecule has 1 saturated heterocycles. The molecule has 4 amide bonds. The number of nitrogens with one attached hydrogen (secondary N) is 2. The van der Waals surface area contributed by atoms with Gasteiger partial charge in [0, 0.05) is 10.0 Å². The molecule has 7 heteroatoms. The summed E-state index contributed by atoms with van der Waals surface area (Å²) in [6.07, 6.45) is 0. The number of anilines is 1. The summed E-state index contributed by atoms with van der Waals surface area (Å²) in [6.45, 7) is 0.319. The van der Waals surface area contributed by atoms with Crippen LogP contribution in [0.15, 0.2) is 53.0 Å². The fourth-order valence-corrected chi connectivity index (χ4v) is 3.55. The van der Waals surface area contributed by atoms with E-state index in [0.717, 1.165) is 10.0 Å². The van der Waals surface area contributed by atoms with Gasteiger partial charge in [-0.3, -0.25) is 14.9 Å². The minimum absolute atomic E-state index is 0.319. The predicted molar refractivity (Wildman–Crippen MR) is 90.1 cm³/mol. The van der Waals surface area contributed by atoms with Gasteiger partial charge in [0.2, 0.25) is 5.54 Å². The molecule has 2 aliphatic heterocycles. The van der Waals surface area contributed by atoms with Gasteiger partial charge >= 0.3 is 6.03 Å². The highest BCUT2D eigenvalue weighted by molar-refractivity contribution is 9.10. The van der Waals surface area contributed by atoms with Crippen LogP contribution in [0.25, 0.3) is 0 Å². The molecule has 6 nitrogen and oxygen atoms in total. The molecule has 2 N–H and O–H groups in total. The van der Waals surface area contributed by atoms with Crippen LogP contribution in [-0.4, -0.2) is 17.8 Å². The highest BCUT2D eigenvalue weighted by Crippen LogP contribution is 2.43. The van der Waals surface area contributed by atoms with Gasteiger partial charge in [-0.05, 0) is 23.8 Å². The number of nitrogens with zero attached hydrogens (tertiary/aromatic N) is 1. The number of hydrogen-bond acceptors (Lipinski definition) is 3. The van der Waals surface area contributed by atoms with Gasteiger partial charge in [-0.2, -0.15) is 0 Å². The Morgan fingerprint density at radius 3 is 2.46 bits per heavy atom. The minimum Gasteiger partial charge on any atom is -0.312 e. The number of urea groups is 1. The van der Waals surface area contributed by atoms with Crippen LogP contribution in [0.4, 0.5) is 10.5 Å². The van der Waals surface area contributed by atoms with E-state index in [2.05, 4.69) is 26.6 Å². The number of carbonyl (C=O) groups is 3. The van der Waals surface area contributed by atoms with E-state index in [1.165, 1.54) is 4.90 Å². The van der Waals surface area contributed by atoms with Gasteiger partial charge in [0.1, 0.15) is 0 Å². The van der Waals surface area contributed by atoms with Gasteiger partial charge in [-0.25, -0.2) is 4.79 Å². The summed E-state index contributed by atoms with van der Waals surface area (Å²) in [5, 5.41) is 4.69. The summed E-state index contributed by atoms with van der Waals surface area (Å²) in [5.41, 5.74) is 0.331. The Morgan fingerprint density at radius 1 is 1.04 bits per heavy atom. The molecule has 0 radical (unpaired) electrons. The lowest BCUT2D eigenvalue weighted by Crippen LogP contribution is -2.52. The molecule has 120 valence electrons. The molecule has 2 heterocycles. The molecule has 1 atom stereocenters. The summed E-state index contributed by atoms with van der Waals surface area (Å²) >= 11 is 3.36. The van der Waals surface area contributed by atoms with Crippen LogP contribution in [0, 0.1) is 0 Å². The third-order valence-electron chi connectivity index (χ3n) is 4.27. The van der Waals surface area contributed by atoms with Crippen LogP contribution < -0.4 is 15.5 Å². The van der Waals surface area contributed by atoms with Crippen molar-refractivity contribution in [1.29, 1.82) is 0 Å². The average Bonchev–Trinajstić information content (AvgIpc) is 2.98. The van der Waals surface area contributed by atoms with E-state index < -0.39 is 23.4 Å². The molecule has 1 spiro atoms. The highest BCUT2D eigenvalue weighted by Gasteiger charge is 2.61. The molecule has 0 aliphatic carbocycles. The van der Waals surface area contributed by atoms with E-state index in [1.54, 1.807) is 18.2 Å². The summed E-state index contributed by atoms with van der Waals surface area (Å²) in [7, 11) is 0. The fourth-order valence-electron chi connectivity index (χ4n) is 3.19. The molecule has 2 aromatic carbocycles. The van der Waals surface area contributed by atoms with Gasteiger partial charge in [0.15, 0.2) is 0 Å². The summed E-state index contributed by atoms with van der Waals surface area (Å²) < 4.78 is 0.726. The van der Waals surface area contributed by atoms with Gasteiger partial charge in [-0.15, -0.1) is 0 Å². The second-order valence-electron chi connectivity index (χ2n) is 5.70. The lowest BCUT2D eigenvalue weighted by atomic mass is 9.91. The van der Waals surface area contributed by atoms with E-state index in [4.69, 9.17) is 0 Å². The topological polar surface area (TPSA) is 78.5 Å². The van der Waals surface area contributed by atoms with Crippen molar-refractivity contribution in [3.63, 3.8) is 0 Å². The minimum atomic E-state index is -1.69. The Labute approximate surface area is 146 Å². The first-order chi connectivity index (χ1) is 11.5. The van der Waals surface area contributed by atoms with E-state index in [9.17, 15) is 14.4 Å². The van der Waals surface area contributed by atoms with Crippen LogP contribution in [0.5, 0.6) is 0 Å². The fraction of sp³-hybridized carbons (Fsp3) is 0.118. The number of amides is 4. The third-order valence-corrected chi connectivity index (χ3v) is 4.76. The van der Waals surface area contributed by atoms with Crippen LogP contribution in [-0.2, 0) is 21.7 Å². The first kappa shape index (κ1) is 14.9. The van der Waals surface area contributed by atoms with Gasteiger partial charge in [0.25, 0.3) is 11.8 Å². The summed E-state index contributed by atoms with van der Waals surface area (Å²) in [5.74, 6) is -1.10. The van der Waals surface area contributed by atoms with Crippen molar-refractivity contribution in [3.05, 3.63) is 64.1 Å². The average molecular weight is 386 g/mol. The molecule has 1 fully saturated rings. The molecule has 2 aromatic rings. The van der Waals surface area contributed by atoms with Gasteiger partial charge < -0.3 is 10.2 Å². The summed E-state index contributed by atoms with van der Waals surface area (Å²) in [6, 6.07) is 14.1. The Kier molecular flexibility index (Phi) is 3.21. The van der Waals surface area contributed by atoms with Crippen molar-refractivity contribution >= 4 is 39.5 Å². The molecule has 0 saturated carbocycles. The molecule has 0 bridgehead atoms. The molecule has 24 heavy (non-hydrogen) atoms. The maximum Gasteiger partial charge on any atom is 0.323 e. The van der Waals surface area contributed by atoms with Crippen LogP contribution in [0.3, 0.4) is 0 Å². The quantitative estimate of drug-likeness (QED) is 0.613.